The predicted molar refractivity (Wildman–Crippen MR) is 80.3 cm³/mol. The van der Waals surface area contributed by atoms with Crippen molar-refractivity contribution in [2.45, 2.75) is 12.2 Å². The summed E-state index contributed by atoms with van der Waals surface area (Å²) in [4.78, 5) is 38.8. The number of anilines is 1. The fraction of sp³-hybridized carbons (Fsp3) is 0.267. The van der Waals surface area contributed by atoms with Gasteiger partial charge in [-0.1, -0.05) is 6.07 Å². The van der Waals surface area contributed by atoms with Gasteiger partial charge in [-0.05, 0) is 18.2 Å². The van der Waals surface area contributed by atoms with Gasteiger partial charge in [0.05, 0.1) is 17.8 Å². The molecule has 8 heteroatoms. The zero-order valence-electron chi connectivity index (χ0n) is 11.9. The zero-order chi connectivity index (χ0) is 16.6. The van der Waals surface area contributed by atoms with Crippen molar-refractivity contribution in [3.8, 4) is 0 Å². The number of nitrogens with one attached hydrogen (secondary N) is 1. The largest absolute Gasteiger partial charge is 0.479 e. The van der Waals surface area contributed by atoms with E-state index in [-0.39, 0.29) is 18.7 Å². The smallest absolute Gasteiger partial charge is 0.335 e. The van der Waals surface area contributed by atoms with Crippen LogP contribution in [0.25, 0.3) is 10.9 Å². The second-order valence-electron chi connectivity index (χ2n) is 5.13. The van der Waals surface area contributed by atoms with Gasteiger partial charge in [-0.25, -0.2) is 4.79 Å². The average Bonchev–Trinajstić information content (AvgIpc) is 2.53. The van der Waals surface area contributed by atoms with Gasteiger partial charge in [-0.3, -0.25) is 9.59 Å². The van der Waals surface area contributed by atoms with Crippen molar-refractivity contribution in [2.24, 2.45) is 0 Å². The number of aromatic amines is 1. The van der Waals surface area contributed by atoms with Gasteiger partial charge in [0.1, 0.15) is 0 Å². The molecule has 3 N–H and O–H groups in total. The normalized spacial score (nSPS) is 19.8. The summed E-state index contributed by atoms with van der Waals surface area (Å²) < 4.78 is 5.12. The number of amides is 1. The van der Waals surface area contributed by atoms with Crippen LogP contribution in [0.2, 0.25) is 0 Å². The first kappa shape index (κ1) is 15.2. The number of carboxylic acid groups (broad SMARTS) is 1. The van der Waals surface area contributed by atoms with Crippen LogP contribution in [-0.4, -0.2) is 52.4 Å². The number of benzene rings is 1. The van der Waals surface area contributed by atoms with Gasteiger partial charge in [0.25, 0.3) is 5.91 Å². The molecule has 1 aliphatic rings. The minimum atomic E-state index is -1.93. The summed E-state index contributed by atoms with van der Waals surface area (Å²) >= 11 is 0. The second-order valence-corrected chi connectivity index (χ2v) is 5.13. The van der Waals surface area contributed by atoms with Crippen molar-refractivity contribution in [1.29, 1.82) is 0 Å². The number of pyridine rings is 1. The minimum absolute atomic E-state index is 0.0977. The van der Waals surface area contributed by atoms with E-state index >= 15 is 0 Å². The Hall–Kier alpha value is -2.71. The number of aliphatic hydroxyl groups excluding tert-OH is 1. The third-order valence-electron chi connectivity index (χ3n) is 3.69. The first-order valence-electron chi connectivity index (χ1n) is 6.95. The number of aliphatic hydroxyl groups is 1. The van der Waals surface area contributed by atoms with Crippen molar-refractivity contribution < 1.29 is 24.5 Å². The molecule has 3 rings (SSSR count). The Morgan fingerprint density at radius 3 is 2.83 bits per heavy atom. The van der Waals surface area contributed by atoms with Crippen molar-refractivity contribution >= 4 is 28.5 Å². The Morgan fingerprint density at radius 2 is 2.09 bits per heavy atom. The average molecular weight is 318 g/mol. The highest BCUT2D eigenvalue weighted by Crippen LogP contribution is 2.27. The van der Waals surface area contributed by atoms with E-state index in [2.05, 4.69) is 4.98 Å². The summed E-state index contributed by atoms with van der Waals surface area (Å²) in [5, 5.41) is 19.1. The molecule has 1 aliphatic heterocycles. The van der Waals surface area contributed by atoms with E-state index in [1.165, 1.54) is 11.0 Å². The Balaban J connectivity index is 2.03. The standard InChI is InChI=1S/C15H14N2O6/c18-11-5-4-8-9(16-11)2-1-3-10(8)17-6-7-23-13(14(17)20)12(19)15(21)22/h1-5,12-13,19H,6-7H2,(H,16,18)(H,21,22)/t12-,13-/m1/s1. The molecule has 1 amide bonds. The van der Waals surface area contributed by atoms with Crippen molar-refractivity contribution in [3.63, 3.8) is 0 Å². The Labute approximate surface area is 129 Å². The number of H-pyrrole nitrogens is 1. The monoisotopic (exact) mass is 318 g/mol. The van der Waals surface area contributed by atoms with Crippen LogP contribution >= 0.6 is 0 Å². The summed E-state index contributed by atoms with van der Waals surface area (Å²) in [6.07, 6.45) is -3.39. The lowest BCUT2D eigenvalue weighted by atomic mass is 10.1. The van der Waals surface area contributed by atoms with Crippen LogP contribution in [0.1, 0.15) is 0 Å². The quantitative estimate of drug-likeness (QED) is 0.715. The fourth-order valence-corrected chi connectivity index (χ4v) is 2.61. The molecule has 23 heavy (non-hydrogen) atoms. The Morgan fingerprint density at radius 1 is 1.30 bits per heavy atom. The van der Waals surface area contributed by atoms with E-state index in [9.17, 15) is 19.5 Å². The third-order valence-corrected chi connectivity index (χ3v) is 3.69. The number of hydrogen-bond donors (Lipinski definition) is 3. The van der Waals surface area contributed by atoms with Crippen molar-refractivity contribution in [1.82, 2.24) is 4.98 Å². The molecule has 1 fully saturated rings. The number of morpholine rings is 1. The first-order valence-corrected chi connectivity index (χ1v) is 6.95. The van der Waals surface area contributed by atoms with E-state index in [0.717, 1.165) is 0 Å². The van der Waals surface area contributed by atoms with Crippen LogP contribution in [0, 0.1) is 0 Å². The van der Waals surface area contributed by atoms with E-state index in [0.29, 0.717) is 16.6 Å². The molecule has 1 saturated heterocycles. The molecule has 1 aromatic carbocycles. The lowest BCUT2D eigenvalue weighted by Crippen LogP contribution is -2.54. The molecule has 120 valence electrons. The number of rotatable bonds is 3. The molecular formula is C15H14N2O6. The molecule has 8 nitrogen and oxygen atoms in total. The lowest BCUT2D eigenvalue weighted by Gasteiger charge is -2.34. The highest BCUT2D eigenvalue weighted by Gasteiger charge is 2.39. The van der Waals surface area contributed by atoms with Crippen LogP contribution in [-0.2, 0) is 14.3 Å². The lowest BCUT2D eigenvalue weighted by molar-refractivity contribution is -0.163. The van der Waals surface area contributed by atoms with Crippen LogP contribution in [0.5, 0.6) is 0 Å². The zero-order valence-corrected chi connectivity index (χ0v) is 11.9. The van der Waals surface area contributed by atoms with Gasteiger partial charge >= 0.3 is 5.97 Å². The molecule has 0 aliphatic carbocycles. The topological polar surface area (TPSA) is 120 Å². The highest BCUT2D eigenvalue weighted by atomic mass is 16.5. The van der Waals surface area contributed by atoms with Crippen LogP contribution in [0.15, 0.2) is 35.1 Å². The molecule has 2 atom stereocenters. The van der Waals surface area contributed by atoms with Gasteiger partial charge in [0.2, 0.25) is 5.56 Å². The molecular weight excluding hydrogens is 304 g/mol. The summed E-state index contributed by atoms with van der Waals surface area (Å²) in [6.45, 7) is 0.320. The fourth-order valence-electron chi connectivity index (χ4n) is 2.61. The molecule has 2 heterocycles. The number of aromatic nitrogens is 1. The Bertz CT molecular complexity index is 830. The number of aliphatic carboxylic acids is 1. The molecule has 0 unspecified atom stereocenters. The van der Waals surface area contributed by atoms with E-state index in [1.54, 1.807) is 24.3 Å². The van der Waals surface area contributed by atoms with E-state index in [4.69, 9.17) is 9.84 Å². The number of nitrogens with zero attached hydrogens (tertiary/aromatic N) is 1. The summed E-state index contributed by atoms with van der Waals surface area (Å²) in [6, 6.07) is 8.01. The van der Waals surface area contributed by atoms with Crippen molar-refractivity contribution in [2.75, 3.05) is 18.1 Å². The molecule has 0 spiro atoms. The Kier molecular flexibility index (Phi) is 3.85. The number of carbonyl (C=O) groups excluding carboxylic acids is 1. The van der Waals surface area contributed by atoms with Crippen LogP contribution in [0.3, 0.4) is 0 Å². The van der Waals surface area contributed by atoms with Gasteiger partial charge in [-0.2, -0.15) is 0 Å². The van der Waals surface area contributed by atoms with Crippen LogP contribution < -0.4 is 10.5 Å². The summed E-state index contributed by atoms with van der Waals surface area (Å²) in [5.74, 6) is -2.16. The van der Waals surface area contributed by atoms with E-state index < -0.39 is 24.1 Å². The van der Waals surface area contributed by atoms with E-state index in [1.807, 2.05) is 0 Å². The molecule has 2 aromatic rings. The minimum Gasteiger partial charge on any atom is -0.479 e. The molecule has 0 bridgehead atoms. The van der Waals surface area contributed by atoms with Crippen LogP contribution in [0.4, 0.5) is 5.69 Å². The number of ether oxygens (including phenoxy) is 1. The summed E-state index contributed by atoms with van der Waals surface area (Å²) in [7, 11) is 0. The summed E-state index contributed by atoms with van der Waals surface area (Å²) in [5.41, 5.74) is 0.821. The van der Waals surface area contributed by atoms with Gasteiger partial charge in [0.15, 0.2) is 12.2 Å². The highest BCUT2D eigenvalue weighted by molar-refractivity contribution is 6.06. The third kappa shape index (κ3) is 2.69. The van der Waals surface area contributed by atoms with Gasteiger partial charge in [0, 0.05) is 18.0 Å². The van der Waals surface area contributed by atoms with Crippen molar-refractivity contribution in [3.05, 3.63) is 40.7 Å². The molecule has 1 aromatic heterocycles. The second kappa shape index (κ2) is 5.82. The first-order chi connectivity index (χ1) is 11.0. The van der Waals surface area contributed by atoms with Gasteiger partial charge in [-0.15, -0.1) is 0 Å². The number of carbonyl (C=O) groups is 2. The number of carboxylic acids is 1. The number of hydrogen-bond acceptors (Lipinski definition) is 5. The number of fused-ring (bicyclic) bond motifs is 1. The SMILES string of the molecule is O=C(O)[C@H](O)[C@H]1OCCN(c2cccc3[nH]c(=O)ccc23)C1=O. The molecule has 0 saturated carbocycles. The molecule has 0 radical (unpaired) electrons. The predicted octanol–water partition coefficient (Wildman–Crippen LogP) is -0.295. The maximum atomic E-state index is 12.5. The van der Waals surface area contributed by atoms with Gasteiger partial charge < -0.3 is 24.8 Å². The maximum absolute atomic E-state index is 12.5. The maximum Gasteiger partial charge on any atom is 0.335 e.